The number of anilines is 1. The predicted molar refractivity (Wildman–Crippen MR) is 141 cm³/mol. The Morgan fingerprint density at radius 1 is 0.886 bits per heavy atom. The second-order valence-electron chi connectivity index (χ2n) is 9.31. The molecular weight excluding hydrogens is 460 g/mol. The maximum Gasteiger partial charge on any atom is 0.262 e. The third-order valence-electron chi connectivity index (χ3n) is 6.03. The maximum atomic E-state index is 13.2. The zero-order valence-electron chi connectivity index (χ0n) is 21.2. The van der Waals surface area contributed by atoms with Crippen LogP contribution in [0.1, 0.15) is 58.9 Å². The molecule has 0 aliphatic heterocycles. The first-order valence-electron chi connectivity index (χ1n) is 11.7. The quantitative estimate of drug-likeness (QED) is 0.386. The summed E-state index contributed by atoms with van der Waals surface area (Å²) in [5.41, 5.74) is 4.37. The number of amides is 1. The average Bonchev–Trinajstić information content (AvgIpc) is 2.80. The van der Waals surface area contributed by atoms with Gasteiger partial charge in [0.25, 0.3) is 15.9 Å². The zero-order valence-corrected chi connectivity index (χ0v) is 22.0. The molecule has 1 atom stereocenters. The van der Waals surface area contributed by atoms with Crippen molar-refractivity contribution in [2.75, 3.05) is 11.8 Å². The Morgan fingerprint density at radius 3 is 2.14 bits per heavy atom. The summed E-state index contributed by atoms with van der Waals surface area (Å²) in [5.74, 6) is 0.764. The first-order chi connectivity index (χ1) is 16.5. The van der Waals surface area contributed by atoms with Crippen LogP contribution >= 0.6 is 0 Å². The number of ether oxygens (including phenoxy) is 1. The minimum atomic E-state index is -3.88. The zero-order chi connectivity index (χ0) is 25.8. The molecule has 0 bridgehead atoms. The molecule has 0 unspecified atom stereocenters. The maximum absolute atomic E-state index is 13.2. The number of hydrogen-bond acceptors (Lipinski definition) is 4. The highest BCUT2D eigenvalue weighted by atomic mass is 32.2. The second-order valence-corrected chi connectivity index (χ2v) is 11.0. The van der Waals surface area contributed by atoms with Gasteiger partial charge >= 0.3 is 0 Å². The van der Waals surface area contributed by atoms with Crippen molar-refractivity contribution >= 4 is 21.6 Å². The van der Waals surface area contributed by atoms with E-state index in [1.807, 2.05) is 44.2 Å². The minimum absolute atomic E-state index is 0.0771. The van der Waals surface area contributed by atoms with Crippen LogP contribution in [0.4, 0.5) is 5.69 Å². The van der Waals surface area contributed by atoms with E-state index in [2.05, 4.69) is 23.9 Å². The Balaban J connectivity index is 1.87. The molecule has 1 amide bonds. The van der Waals surface area contributed by atoms with E-state index in [-0.39, 0.29) is 16.8 Å². The van der Waals surface area contributed by atoms with Gasteiger partial charge in [-0.05, 0) is 91.8 Å². The molecule has 186 valence electrons. The van der Waals surface area contributed by atoms with E-state index < -0.39 is 10.0 Å². The molecule has 2 N–H and O–H groups in total. The number of hydrogen-bond donors (Lipinski definition) is 2. The van der Waals surface area contributed by atoms with E-state index in [0.29, 0.717) is 22.7 Å². The van der Waals surface area contributed by atoms with E-state index >= 15 is 0 Å². The van der Waals surface area contributed by atoms with E-state index in [9.17, 15) is 13.2 Å². The van der Waals surface area contributed by atoms with Crippen molar-refractivity contribution in [1.29, 1.82) is 0 Å². The van der Waals surface area contributed by atoms with Crippen molar-refractivity contribution in [3.8, 4) is 5.75 Å². The van der Waals surface area contributed by atoms with Crippen molar-refractivity contribution in [3.63, 3.8) is 0 Å². The summed E-state index contributed by atoms with van der Waals surface area (Å²) in [4.78, 5) is 13.3. The third-order valence-corrected chi connectivity index (χ3v) is 7.55. The number of aryl methyl sites for hydroxylation is 3. The monoisotopic (exact) mass is 494 g/mol. The lowest BCUT2D eigenvalue weighted by Crippen LogP contribution is -2.29. The standard InChI is InChI=1S/C28H34N2O4S/c1-18(2)15-26(22-10-13-25(34-6)14-11-22)29-28(31)23-9-7-20(4)27(17-23)35(32,33)30-24-12-8-19(3)21(5)16-24/h7-14,16-18,26,30H,15H2,1-6H3,(H,29,31)/t26-/m0/s1. The van der Waals surface area contributed by atoms with Crippen LogP contribution in [0.2, 0.25) is 0 Å². The normalized spacial score (nSPS) is 12.3. The Hall–Kier alpha value is -3.32. The van der Waals surface area contributed by atoms with Gasteiger partial charge in [-0.2, -0.15) is 0 Å². The number of methoxy groups -OCH3 is 1. The number of benzene rings is 3. The molecule has 3 aromatic carbocycles. The lowest BCUT2D eigenvalue weighted by molar-refractivity contribution is 0.0931. The molecule has 0 aliphatic carbocycles. The number of sulfonamides is 1. The van der Waals surface area contributed by atoms with Gasteiger partial charge in [0.15, 0.2) is 0 Å². The Morgan fingerprint density at radius 2 is 1.54 bits per heavy atom. The Bertz CT molecular complexity index is 1300. The van der Waals surface area contributed by atoms with Crippen molar-refractivity contribution in [1.82, 2.24) is 5.32 Å². The molecule has 0 radical (unpaired) electrons. The molecule has 0 aromatic heterocycles. The fourth-order valence-electron chi connectivity index (χ4n) is 3.87. The molecule has 0 saturated carbocycles. The summed E-state index contributed by atoms with van der Waals surface area (Å²) >= 11 is 0. The molecule has 7 heteroatoms. The fourth-order valence-corrected chi connectivity index (χ4v) is 5.19. The molecule has 3 aromatic rings. The first kappa shape index (κ1) is 26.3. The van der Waals surface area contributed by atoms with Crippen LogP contribution in [0.5, 0.6) is 5.75 Å². The lowest BCUT2D eigenvalue weighted by Gasteiger charge is -2.22. The smallest absolute Gasteiger partial charge is 0.262 e. The lowest BCUT2D eigenvalue weighted by atomic mass is 9.96. The summed E-state index contributed by atoms with van der Waals surface area (Å²) in [6, 6.07) is 17.5. The Kier molecular flexibility index (Phi) is 8.22. The molecule has 3 rings (SSSR count). The average molecular weight is 495 g/mol. The molecule has 0 saturated heterocycles. The molecule has 6 nitrogen and oxygen atoms in total. The Labute approximate surface area is 208 Å². The van der Waals surface area contributed by atoms with Crippen molar-refractivity contribution < 1.29 is 17.9 Å². The van der Waals surface area contributed by atoms with Crippen LogP contribution in [0.25, 0.3) is 0 Å². The highest BCUT2D eigenvalue weighted by Gasteiger charge is 2.22. The largest absolute Gasteiger partial charge is 0.497 e. The molecule has 0 heterocycles. The van der Waals surface area contributed by atoms with Gasteiger partial charge in [-0.3, -0.25) is 9.52 Å². The van der Waals surface area contributed by atoms with E-state index in [4.69, 9.17) is 4.74 Å². The molecule has 0 fully saturated rings. The number of rotatable bonds is 9. The van der Waals surface area contributed by atoms with Crippen LogP contribution < -0.4 is 14.8 Å². The SMILES string of the molecule is COc1ccc([C@H](CC(C)C)NC(=O)c2ccc(C)c(S(=O)(=O)Nc3ccc(C)c(C)c3)c2)cc1. The third kappa shape index (κ3) is 6.63. The minimum Gasteiger partial charge on any atom is -0.497 e. The van der Waals surface area contributed by atoms with Crippen LogP contribution in [0.15, 0.2) is 65.6 Å². The summed E-state index contributed by atoms with van der Waals surface area (Å²) in [6.07, 6.45) is 0.740. The molecule has 0 spiro atoms. The highest BCUT2D eigenvalue weighted by molar-refractivity contribution is 7.92. The summed E-state index contributed by atoms with van der Waals surface area (Å²) in [7, 11) is -2.27. The first-order valence-corrected chi connectivity index (χ1v) is 13.1. The van der Waals surface area contributed by atoms with Gasteiger partial charge in [-0.1, -0.05) is 38.1 Å². The van der Waals surface area contributed by atoms with Gasteiger partial charge in [0.1, 0.15) is 5.75 Å². The van der Waals surface area contributed by atoms with E-state index in [0.717, 1.165) is 28.9 Å². The van der Waals surface area contributed by atoms with Gasteiger partial charge in [-0.25, -0.2) is 8.42 Å². The van der Waals surface area contributed by atoms with Crippen molar-refractivity contribution in [2.45, 2.75) is 52.0 Å². The molecule has 35 heavy (non-hydrogen) atoms. The number of nitrogens with one attached hydrogen (secondary N) is 2. The van der Waals surface area contributed by atoms with Crippen LogP contribution in [-0.2, 0) is 10.0 Å². The summed E-state index contributed by atoms with van der Waals surface area (Å²) in [5, 5.41) is 3.08. The topological polar surface area (TPSA) is 84.5 Å². The van der Waals surface area contributed by atoms with E-state index in [1.54, 1.807) is 38.3 Å². The molecular formula is C28H34N2O4S. The van der Waals surface area contributed by atoms with Gasteiger partial charge in [0.2, 0.25) is 0 Å². The van der Waals surface area contributed by atoms with Gasteiger partial charge < -0.3 is 10.1 Å². The van der Waals surface area contributed by atoms with Crippen LogP contribution in [-0.4, -0.2) is 21.4 Å². The predicted octanol–water partition coefficient (Wildman–Crippen LogP) is 5.94. The second kappa shape index (κ2) is 11.0. The van der Waals surface area contributed by atoms with E-state index in [1.165, 1.54) is 6.07 Å². The fraction of sp³-hybridized carbons (Fsp3) is 0.321. The van der Waals surface area contributed by atoms with Gasteiger partial charge in [-0.15, -0.1) is 0 Å². The van der Waals surface area contributed by atoms with Crippen LogP contribution in [0.3, 0.4) is 0 Å². The summed E-state index contributed by atoms with van der Waals surface area (Å²) < 4.78 is 34.3. The number of carbonyl (C=O) groups excluding carboxylic acids is 1. The highest BCUT2D eigenvalue weighted by Crippen LogP contribution is 2.26. The number of carbonyl (C=O) groups is 1. The van der Waals surface area contributed by atoms with Gasteiger partial charge in [0, 0.05) is 11.3 Å². The molecule has 0 aliphatic rings. The van der Waals surface area contributed by atoms with Crippen LogP contribution in [0, 0.1) is 26.7 Å². The van der Waals surface area contributed by atoms with Crippen molar-refractivity contribution in [2.24, 2.45) is 5.92 Å². The van der Waals surface area contributed by atoms with Gasteiger partial charge in [0.05, 0.1) is 18.0 Å². The summed E-state index contributed by atoms with van der Waals surface area (Å²) in [6.45, 7) is 9.81. The van der Waals surface area contributed by atoms with Crippen molar-refractivity contribution in [3.05, 3.63) is 88.5 Å².